The maximum atomic E-state index is 13.9. The molecule has 0 aliphatic carbocycles. The van der Waals surface area contributed by atoms with Crippen LogP contribution in [0.3, 0.4) is 0 Å². The van der Waals surface area contributed by atoms with Crippen LogP contribution in [-0.2, 0) is 19.3 Å². The number of halogens is 6. The number of hydrogen-bond donors (Lipinski definition) is 2. The number of rotatable bonds is 5. The molecule has 1 aliphatic rings. The maximum Gasteiger partial charge on any atom is 0.434 e. The van der Waals surface area contributed by atoms with Crippen molar-refractivity contribution in [1.82, 2.24) is 20.5 Å². The third-order valence-corrected chi connectivity index (χ3v) is 5.61. The van der Waals surface area contributed by atoms with E-state index in [1.165, 1.54) is 18.2 Å². The molecule has 1 unspecified atom stereocenters. The Bertz CT molecular complexity index is 869. The second-order valence-electron chi connectivity index (χ2n) is 6.97. The summed E-state index contributed by atoms with van der Waals surface area (Å²) in [6.07, 6.45) is -2.78. The van der Waals surface area contributed by atoms with Crippen LogP contribution in [0.5, 0.6) is 0 Å². The van der Waals surface area contributed by atoms with Crippen LogP contribution in [0.1, 0.15) is 29.1 Å². The molecule has 0 amide bonds. The minimum atomic E-state index is -4.46. The molecule has 0 saturated carbocycles. The van der Waals surface area contributed by atoms with Crippen LogP contribution >= 0.6 is 35.3 Å². The largest absolute Gasteiger partial charge is 0.434 e. The number of likely N-dealkylation sites (tertiary alicyclic amines) is 1. The lowest BCUT2D eigenvalue weighted by Gasteiger charge is -2.34. The van der Waals surface area contributed by atoms with Gasteiger partial charge in [0.25, 0.3) is 0 Å². The number of nitrogens with one attached hydrogen (secondary N) is 2. The summed E-state index contributed by atoms with van der Waals surface area (Å²) in [5.74, 6) is -0.698. The van der Waals surface area contributed by atoms with Gasteiger partial charge in [-0.15, -0.1) is 35.3 Å². The fourth-order valence-electron chi connectivity index (χ4n) is 3.29. The monoisotopic (exact) mass is 575 g/mol. The lowest BCUT2D eigenvalue weighted by molar-refractivity contribution is -0.140. The zero-order valence-corrected chi connectivity index (χ0v) is 19.8. The van der Waals surface area contributed by atoms with Crippen molar-refractivity contribution in [1.29, 1.82) is 0 Å². The van der Waals surface area contributed by atoms with Gasteiger partial charge in [-0.3, -0.25) is 9.89 Å². The van der Waals surface area contributed by atoms with Crippen LogP contribution in [0, 0.1) is 11.6 Å². The number of guanidine groups is 1. The molecule has 1 aliphatic heterocycles. The van der Waals surface area contributed by atoms with Crippen molar-refractivity contribution in [3.63, 3.8) is 0 Å². The Hall–Kier alpha value is -1.54. The van der Waals surface area contributed by atoms with E-state index in [0.717, 1.165) is 36.1 Å². The second kappa shape index (κ2) is 11.4. The first-order valence-electron chi connectivity index (χ1n) is 9.40. The molecule has 2 aromatic rings. The number of hydrogen-bond acceptors (Lipinski definition) is 4. The Morgan fingerprint density at radius 1 is 1.29 bits per heavy atom. The van der Waals surface area contributed by atoms with Gasteiger partial charge in [0.05, 0.1) is 6.54 Å². The molecule has 31 heavy (non-hydrogen) atoms. The van der Waals surface area contributed by atoms with E-state index >= 15 is 0 Å². The summed E-state index contributed by atoms with van der Waals surface area (Å²) in [6, 6.07) is 3.81. The van der Waals surface area contributed by atoms with Crippen molar-refractivity contribution < 1.29 is 22.0 Å². The molecule has 2 heterocycles. The van der Waals surface area contributed by atoms with Gasteiger partial charge in [-0.05, 0) is 31.5 Å². The van der Waals surface area contributed by atoms with Gasteiger partial charge in [-0.2, -0.15) is 13.2 Å². The van der Waals surface area contributed by atoms with Crippen LogP contribution in [-0.4, -0.2) is 42.0 Å². The normalized spacial score (nSPS) is 17.9. The zero-order valence-electron chi connectivity index (χ0n) is 16.7. The van der Waals surface area contributed by atoms with E-state index in [1.54, 1.807) is 7.05 Å². The minimum absolute atomic E-state index is 0. The summed E-state index contributed by atoms with van der Waals surface area (Å²) in [6.45, 7) is 1.56. The molecule has 2 N–H and O–H groups in total. The summed E-state index contributed by atoms with van der Waals surface area (Å²) in [5, 5.41) is 7.46. The highest BCUT2D eigenvalue weighted by molar-refractivity contribution is 14.0. The second-order valence-corrected chi connectivity index (χ2v) is 7.91. The van der Waals surface area contributed by atoms with E-state index < -0.39 is 23.5 Å². The number of aromatic nitrogens is 1. The van der Waals surface area contributed by atoms with E-state index in [4.69, 9.17) is 0 Å². The Morgan fingerprint density at radius 3 is 2.61 bits per heavy atom. The molecule has 5 nitrogen and oxygen atoms in total. The average Bonchev–Trinajstić information content (AvgIpc) is 3.18. The van der Waals surface area contributed by atoms with Gasteiger partial charge in [0.15, 0.2) is 11.7 Å². The molecule has 1 atom stereocenters. The lowest BCUT2D eigenvalue weighted by atomic mass is 10.0. The first-order chi connectivity index (χ1) is 14.3. The van der Waals surface area contributed by atoms with Crippen molar-refractivity contribution in [2.75, 3.05) is 20.1 Å². The van der Waals surface area contributed by atoms with Gasteiger partial charge in [-0.25, -0.2) is 13.8 Å². The SMILES string of the molecule is CN=C(NCc1nc(C(F)(F)F)cs1)NC1CCCN(Cc2c(F)cccc2F)C1.I. The molecule has 0 radical (unpaired) electrons. The fraction of sp³-hybridized carbons (Fsp3) is 0.474. The first kappa shape index (κ1) is 25.7. The molecule has 12 heteroatoms. The molecule has 0 spiro atoms. The number of thiazole rings is 1. The summed E-state index contributed by atoms with van der Waals surface area (Å²) in [5.41, 5.74) is -0.861. The summed E-state index contributed by atoms with van der Waals surface area (Å²) >= 11 is 0.924. The number of nitrogens with zero attached hydrogens (tertiary/aromatic N) is 3. The van der Waals surface area contributed by atoms with E-state index in [2.05, 4.69) is 20.6 Å². The summed E-state index contributed by atoms with van der Waals surface area (Å²) in [4.78, 5) is 9.64. The van der Waals surface area contributed by atoms with Gasteiger partial charge in [0.1, 0.15) is 16.6 Å². The highest BCUT2D eigenvalue weighted by atomic mass is 127. The van der Waals surface area contributed by atoms with Crippen molar-refractivity contribution in [3.05, 3.63) is 51.5 Å². The van der Waals surface area contributed by atoms with E-state index in [0.29, 0.717) is 17.5 Å². The molecule has 1 fully saturated rings. The van der Waals surface area contributed by atoms with Crippen molar-refractivity contribution in [3.8, 4) is 0 Å². The molecule has 3 rings (SSSR count). The van der Waals surface area contributed by atoms with Gasteiger partial charge in [-0.1, -0.05) is 6.07 Å². The van der Waals surface area contributed by atoms with Crippen molar-refractivity contribution in [2.24, 2.45) is 4.99 Å². The van der Waals surface area contributed by atoms with Crippen LogP contribution in [0.4, 0.5) is 22.0 Å². The van der Waals surface area contributed by atoms with Gasteiger partial charge >= 0.3 is 6.18 Å². The Labute approximate surface area is 198 Å². The molecule has 172 valence electrons. The Kier molecular flexibility index (Phi) is 9.43. The topological polar surface area (TPSA) is 52.6 Å². The summed E-state index contributed by atoms with van der Waals surface area (Å²) in [7, 11) is 1.56. The van der Waals surface area contributed by atoms with Gasteiger partial charge in [0, 0.05) is 37.1 Å². The Morgan fingerprint density at radius 2 is 2.00 bits per heavy atom. The standard InChI is InChI=1S/C19H22F5N5S.HI/c1-25-18(26-8-17-28-16(11-30-17)19(22,23)24)27-12-4-3-7-29(9-12)10-13-14(20)5-2-6-15(13)21;/h2,5-6,11-12H,3-4,7-10H2,1H3,(H2,25,26,27);1H. The highest BCUT2D eigenvalue weighted by Crippen LogP contribution is 2.29. The molecule has 0 bridgehead atoms. The van der Waals surface area contributed by atoms with Gasteiger partial charge in [0.2, 0.25) is 0 Å². The van der Waals surface area contributed by atoms with Crippen molar-refractivity contribution in [2.45, 2.75) is 38.1 Å². The highest BCUT2D eigenvalue weighted by Gasteiger charge is 2.33. The Balaban J connectivity index is 0.00000341. The number of alkyl halides is 3. The van der Waals surface area contributed by atoms with E-state index in [-0.39, 0.29) is 48.7 Å². The maximum absolute atomic E-state index is 13.9. The average molecular weight is 575 g/mol. The molecule has 1 saturated heterocycles. The molecule has 1 aromatic heterocycles. The van der Waals surface area contributed by atoms with Crippen LogP contribution in [0.25, 0.3) is 0 Å². The van der Waals surface area contributed by atoms with E-state index in [1.807, 2.05) is 4.90 Å². The van der Waals surface area contributed by atoms with Crippen LogP contribution in [0.15, 0.2) is 28.6 Å². The predicted octanol–water partition coefficient (Wildman–Crippen LogP) is 4.39. The van der Waals surface area contributed by atoms with E-state index in [9.17, 15) is 22.0 Å². The quantitative estimate of drug-likeness (QED) is 0.241. The smallest absolute Gasteiger partial charge is 0.352 e. The summed E-state index contributed by atoms with van der Waals surface area (Å²) < 4.78 is 65.8. The van der Waals surface area contributed by atoms with Crippen molar-refractivity contribution >= 4 is 41.3 Å². The third kappa shape index (κ3) is 7.24. The lowest BCUT2D eigenvalue weighted by Crippen LogP contribution is -2.50. The molecular formula is C19H23F5IN5S. The number of aliphatic imine (C=N–C) groups is 1. The molecule has 1 aromatic carbocycles. The van der Waals surface area contributed by atoms with Gasteiger partial charge < -0.3 is 10.6 Å². The predicted molar refractivity (Wildman–Crippen MR) is 121 cm³/mol. The zero-order chi connectivity index (χ0) is 21.7. The molecular weight excluding hydrogens is 552 g/mol. The minimum Gasteiger partial charge on any atom is -0.352 e. The number of piperidine rings is 1. The third-order valence-electron chi connectivity index (χ3n) is 4.76. The van der Waals surface area contributed by atoms with Crippen LogP contribution < -0.4 is 10.6 Å². The number of benzene rings is 1. The first-order valence-corrected chi connectivity index (χ1v) is 10.3. The fourth-order valence-corrected chi connectivity index (χ4v) is 4.03. The van der Waals surface area contributed by atoms with Crippen LogP contribution in [0.2, 0.25) is 0 Å².